The first kappa shape index (κ1) is 8.78. The van der Waals surface area contributed by atoms with E-state index >= 15 is 0 Å². The van der Waals surface area contributed by atoms with Crippen molar-refractivity contribution in [3.05, 3.63) is 42.3 Å². The van der Waals surface area contributed by atoms with Crippen molar-refractivity contribution in [3.63, 3.8) is 0 Å². The minimum atomic E-state index is 0.0195. The van der Waals surface area contributed by atoms with Gasteiger partial charge in [-0.25, -0.2) is 0 Å². The summed E-state index contributed by atoms with van der Waals surface area (Å²) in [7, 11) is 1.63. The third kappa shape index (κ3) is 2.09. The van der Waals surface area contributed by atoms with Crippen molar-refractivity contribution in [3.8, 4) is 0 Å². The van der Waals surface area contributed by atoms with E-state index in [0.29, 0.717) is 6.42 Å². The van der Waals surface area contributed by atoms with Crippen LogP contribution in [0.5, 0.6) is 0 Å². The van der Waals surface area contributed by atoms with Crippen molar-refractivity contribution in [2.24, 2.45) is 0 Å². The van der Waals surface area contributed by atoms with E-state index < -0.39 is 0 Å². The van der Waals surface area contributed by atoms with E-state index in [1.807, 2.05) is 24.3 Å². The second-order valence-electron chi connectivity index (χ2n) is 2.62. The molecular weight excluding hydrogens is 150 g/mol. The molecule has 63 valence electrons. The van der Waals surface area contributed by atoms with E-state index in [1.54, 1.807) is 7.05 Å². The second kappa shape index (κ2) is 3.90. The standard InChI is InChI=1S/C10H12NO/c1-8-5-3-4-6-9(8)7-10(12)11-2/h3-6H,1,7H2,2H3,(H,11,12). The lowest BCUT2D eigenvalue weighted by Crippen LogP contribution is -2.20. The lowest BCUT2D eigenvalue weighted by atomic mass is 10.1. The second-order valence-corrected chi connectivity index (χ2v) is 2.62. The Kier molecular flexibility index (Phi) is 2.86. The molecule has 0 spiro atoms. The fourth-order valence-electron chi connectivity index (χ4n) is 0.991. The molecule has 0 bridgehead atoms. The molecule has 0 heterocycles. The SMILES string of the molecule is [CH2]c1ccccc1CC(=O)NC. The van der Waals surface area contributed by atoms with Crippen LogP contribution < -0.4 is 5.32 Å². The quantitative estimate of drug-likeness (QED) is 0.694. The Balaban J connectivity index is 2.75. The molecule has 0 aliphatic heterocycles. The maximum Gasteiger partial charge on any atom is 0.224 e. The third-order valence-electron chi connectivity index (χ3n) is 1.75. The summed E-state index contributed by atoms with van der Waals surface area (Å²) in [6, 6.07) is 7.64. The van der Waals surface area contributed by atoms with E-state index in [-0.39, 0.29) is 5.91 Å². The first-order chi connectivity index (χ1) is 5.74. The molecule has 2 heteroatoms. The summed E-state index contributed by atoms with van der Waals surface area (Å²) in [4.78, 5) is 11.0. The van der Waals surface area contributed by atoms with E-state index in [4.69, 9.17) is 0 Å². The maximum atomic E-state index is 11.0. The molecule has 1 aromatic rings. The normalized spacial score (nSPS) is 9.50. The van der Waals surface area contributed by atoms with Crippen LogP contribution >= 0.6 is 0 Å². The predicted octanol–water partition coefficient (Wildman–Crippen LogP) is 1.16. The summed E-state index contributed by atoms with van der Waals surface area (Å²) < 4.78 is 0. The van der Waals surface area contributed by atoms with Crippen LogP contribution in [-0.4, -0.2) is 13.0 Å². The van der Waals surface area contributed by atoms with Crippen molar-refractivity contribution < 1.29 is 4.79 Å². The van der Waals surface area contributed by atoms with E-state index in [2.05, 4.69) is 12.2 Å². The minimum Gasteiger partial charge on any atom is -0.359 e. The maximum absolute atomic E-state index is 11.0. The zero-order chi connectivity index (χ0) is 8.97. The summed E-state index contributed by atoms with van der Waals surface area (Å²) in [5, 5.41) is 2.57. The molecule has 2 nitrogen and oxygen atoms in total. The van der Waals surface area contributed by atoms with Gasteiger partial charge in [0.2, 0.25) is 5.91 Å². The predicted molar refractivity (Wildman–Crippen MR) is 48.7 cm³/mol. The van der Waals surface area contributed by atoms with Crippen molar-refractivity contribution in [2.75, 3.05) is 7.05 Å². The van der Waals surface area contributed by atoms with Gasteiger partial charge >= 0.3 is 0 Å². The lowest BCUT2D eigenvalue weighted by molar-refractivity contribution is -0.119. The number of carbonyl (C=O) groups is 1. The molecule has 0 saturated carbocycles. The molecule has 0 aromatic heterocycles. The summed E-state index contributed by atoms with van der Waals surface area (Å²) in [6.45, 7) is 3.83. The van der Waals surface area contributed by atoms with Gasteiger partial charge in [0.05, 0.1) is 6.42 Å². The molecule has 1 aromatic carbocycles. The molecule has 0 aliphatic carbocycles. The zero-order valence-electron chi connectivity index (χ0n) is 7.13. The van der Waals surface area contributed by atoms with E-state index in [0.717, 1.165) is 11.1 Å². The first-order valence-corrected chi connectivity index (χ1v) is 3.84. The van der Waals surface area contributed by atoms with Gasteiger partial charge in [0.25, 0.3) is 0 Å². The third-order valence-corrected chi connectivity index (χ3v) is 1.75. The molecule has 12 heavy (non-hydrogen) atoms. The van der Waals surface area contributed by atoms with Crippen LogP contribution in [0.2, 0.25) is 0 Å². The molecule has 1 amide bonds. The summed E-state index contributed by atoms with van der Waals surface area (Å²) in [6.07, 6.45) is 0.413. The topological polar surface area (TPSA) is 29.1 Å². The van der Waals surface area contributed by atoms with Crippen LogP contribution in [0, 0.1) is 6.92 Å². The van der Waals surface area contributed by atoms with E-state index in [1.165, 1.54) is 0 Å². The van der Waals surface area contributed by atoms with Crippen molar-refractivity contribution in [2.45, 2.75) is 6.42 Å². The van der Waals surface area contributed by atoms with Crippen molar-refractivity contribution in [1.82, 2.24) is 5.32 Å². The lowest BCUT2D eigenvalue weighted by Gasteiger charge is -2.03. The number of hydrogen-bond donors (Lipinski definition) is 1. The molecule has 1 radical (unpaired) electrons. The fraction of sp³-hybridized carbons (Fsp3) is 0.200. The van der Waals surface area contributed by atoms with Gasteiger partial charge in [0, 0.05) is 7.05 Å². The van der Waals surface area contributed by atoms with E-state index in [9.17, 15) is 4.79 Å². The molecular formula is C10H12NO. The van der Waals surface area contributed by atoms with Gasteiger partial charge in [-0.3, -0.25) is 4.79 Å². The minimum absolute atomic E-state index is 0.0195. The largest absolute Gasteiger partial charge is 0.359 e. The Morgan fingerprint density at radius 3 is 2.75 bits per heavy atom. The Labute approximate surface area is 72.6 Å². The number of nitrogens with one attached hydrogen (secondary N) is 1. The van der Waals surface area contributed by atoms with Gasteiger partial charge in [-0.15, -0.1) is 0 Å². The summed E-state index contributed by atoms with van der Waals surface area (Å²) in [5.41, 5.74) is 1.90. The number of carbonyl (C=O) groups excluding carboxylic acids is 1. The molecule has 1 N–H and O–H groups in total. The van der Waals surface area contributed by atoms with Crippen molar-refractivity contribution in [1.29, 1.82) is 0 Å². The zero-order valence-corrected chi connectivity index (χ0v) is 7.13. The number of benzene rings is 1. The van der Waals surface area contributed by atoms with Gasteiger partial charge in [-0.05, 0) is 18.1 Å². The van der Waals surface area contributed by atoms with Crippen LogP contribution in [0.25, 0.3) is 0 Å². The first-order valence-electron chi connectivity index (χ1n) is 3.84. The number of rotatable bonds is 2. The highest BCUT2D eigenvalue weighted by Gasteiger charge is 2.01. The van der Waals surface area contributed by atoms with Gasteiger partial charge in [-0.1, -0.05) is 24.3 Å². The Morgan fingerprint density at radius 1 is 1.50 bits per heavy atom. The van der Waals surface area contributed by atoms with Crippen LogP contribution in [0.1, 0.15) is 11.1 Å². The number of hydrogen-bond acceptors (Lipinski definition) is 1. The highest BCUT2D eigenvalue weighted by Crippen LogP contribution is 2.06. The van der Waals surface area contributed by atoms with Crippen molar-refractivity contribution >= 4 is 5.91 Å². The van der Waals surface area contributed by atoms with Gasteiger partial charge < -0.3 is 5.32 Å². The summed E-state index contributed by atoms with van der Waals surface area (Å²) in [5.74, 6) is 0.0195. The summed E-state index contributed by atoms with van der Waals surface area (Å²) >= 11 is 0. The average Bonchev–Trinajstić information content (AvgIpc) is 2.09. The van der Waals surface area contributed by atoms with Crippen LogP contribution in [-0.2, 0) is 11.2 Å². The Hall–Kier alpha value is -1.31. The highest BCUT2D eigenvalue weighted by atomic mass is 16.1. The molecule has 0 saturated heterocycles. The molecule has 0 fully saturated rings. The Morgan fingerprint density at radius 2 is 2.17 bits per heavy atom. The fourth-order valence-corrected chi connectivity index (χ4v) is 0.991. The molecule has 0 atom stereocenters. The number of likely N-dealkylation sites (N-methyl/N-ethyl adjacent to an activating group) is 1. The van der Waals surface area contributed by atoms with Crippen LogP contribution in [0.4, 0.5) is 0 Å². The molecule has 0 aliphatic rings. The monoisotopic (exact) mass is 162 g/mol. The van der Waals surface area contributed by atoms with Crippen LogP contribution in [0.3, 0.4) is 0 Å². The average molecular weight is 162 g/mol. The Bertz CT molecular complexity index is 281. The van der Waals surface area contributed by atoms with Gasteiger partial charge in [0.1, 0.15) is 0 Å². The highest BCUT2D eigenvalue weighted by molar-refractivity contribution is 5.78. The van der Waals surface area contributed by atoms with Crippen LogP contribution in [0.15, 0.2) is 24.3 Å². The smallest absolute Gasteiger partial charge is 0.224 e. The molecule has 1 rings (SSSR count). The van der Waals surface area contributed by atoms with Gasteiger partial charge in [-0.2, -0.15) is 0 Å². The number of amides is 1. The molecule has 0 unspecified atom stereocenters. The van der Waals surface area contributed by atoms with Gasteiger partial charge in [0.15, 0.2) is 0 Å².